The first-order valence-corrected chi connectivity index (χ1v) is 14.0. The Morgan fingerprint density at radius 2 is 1.72 bits per heavy atom. The summed E-state index contributed by atoms with van der Waals surface area (Å²) in [7, 11) is -7.80. The highest BCUT2D eigenvalue weighted by atomic mass is 32.2. The predicted octanol–water partition coefficient (Wildman–Crippen LogP) is 2.86. The molecule has 0 bridgehead atoms. The molecule has 0 saturated carbocycles. The number of amides is 1. The summed E-state index contributed by atoms with van der Waals surface area (Å²) in [5.41, 5.74) is 2.57. The Balaban J connectivity index is 1.46. The summed E-state index contributed by atoms with van der Waals surface area (Å²) in [5, 5.41) is -0.970. The number of para-hydroxylation sites is 2. The van der Waals surface area contributed by atoms with Crippen molar-refractivity contribution in [1.82, 2.24) is 19.4 Å². The Morgan fingerprint density at radius 1 is 1.03 bits per heavy atom. The van der Waals surface area contributed by atoms with Gasteiger partial charge < -0.3 is 4.98 Å². The highest BCUT2D eigenvalue weighted by Crippen LogP contribution is 2.31. The molecule has 1 aromatic heterocycles. The van der Waals surface area contributed by atoms with Crippen LogP contribution in [0.4, 0.5) is 4.39 Å². The van der Waals surface area contributed by atoms with Crippen LogP contribution in [0.2, 0.25) is 0 Å². The minimum absolute atomic E-state index is 0.0935. The van der Waals surface area contributed by atoms with Gasteiger partial charge in [0.25, 0.3) is 0 Å². The van der Waals surface area contributed by atoms with E-state index in [2.05, 4.69) is 14.7 Å². The van der Waals surface area contributed by atoms with E-state index in [1.165, 1.54) is 12.1 Å². The molecule has 4 aromatic rings. The zero-order valence-electron chi connectivity index (χ0n) is 18.7. The summed E-state index contributed by atoms with van der Waals surface area (Å²) in [4.78, 5) is 19.2. The summed E-state index contributed by atoms with van der Waals surface area (Å²) in [6.45, 7) is 0. The number of hydrogen-bond donors (Lipinski definition) is 3. The lowest BCUT2D eigenvalue weighted by Crippen LogP contribution is -2.31. The monoisotopic (exact) mass is 528 g/mol. The number of benzene rings is 3. The second-order valence-corrected chi connectivity index (χ2v) is 12.1. The molecule has 1 aliphatic heterocycles. The number of nitrogens with zero attached hydrogens (tertiary/aromatic N) is 1. The van der Waals surface area contributed by atoms with E-state index in [4.69, 9.17) is 0 Å². The number of imidazole rings is 1. The van der Waals surface area contributed by atoms with E-state index < -0.39 is 43.1 Å². The van der Waals surface area contributed by atoms with Gasteiger partial charge in [-0.1, -0.05) is 36.4 Å². The van der Waals surface area contributed by atoms with Crippen LogP contribution in [0.15, 0.2) is 77.7 Å². The van der Waals surface area contributed by atoms with Crippen LogP contribution in [-0.4, -0.2) is 32.7 Å². The molecule has 186 valence electrons. The molecule has 12 heteroatoms. The van der Waals surface area contributed by atoms with Crippen molar-refractivity contribution in [2.24, 2.45) is 0 Å². The van der Waals surface area contributed by atoms with Gasteiger partial charge in [0, 0.05) is 0 Å². The molecule has 0 spiro atoms. The van der Waals surface area contributed by atoms with Crippen molar-refractivity contribution in [2.45, 2.75) is 29.0 Å². The van der Waals surface area contributed by atoms with Crippen LogP contribution in [0.5, 0.6) is 0 Å². The van der Waals surface area contributed by atoms with Crippen LogP contribution < -0.4 is 9.44 Å². The van der Waals surface area contributed by atoms with E-state index in [1.54, 1.807) is 30.3 Å². The summed E-state index contributed by atoms with van der Waals surface area (Å²) >= 11 is 0. The van der Waals surface area contributed by atoms with Gasteiger partial charge in [0.15, 0.2) is 0 Å². The maximum Gasteiger partial charge on any atom is 0.242 e. The molecule has 0 radical (unpaired) electrons. The van der Waals surface area contributed by atoms with Crippen LogP contribution >= 0.6 is 0 Å². The third-order valence-corrected chi connectivity index (χ3v) is 9.14. The van der Waals surface area contributed by atoms with Crippen LogP contribution in [0.3, 0.4) is 0 Å². The van der Waals surface area contributed by atoms with Crippen molar-refractivity contribution < 1.29 is 26.0 Å². The van der Waals surface area contributed by atoms with Crippen LogP contribution in [0.25, 0.3) is 11.0 Å². The fraction of sp³-hybridized carbons (Fsp3) is 0.167. The molecular weight excluding hydrogens is 507 g/mol. The molecule has 3 aromatic carbocycles. The number of halogens is 1. The van der Waals surface area contributed by atoms with Gasteiger partial charge in [0.2, 0.25) is 26.0 Å². The van der Waals surface area contributed by atoms with Gasteiger partial charge in [-0.2, -0.15) is 0 Å². The number of nitrogens with one attached hydrogen (secondary N) is 3. The normalized spacial score (nSPS) is 18.2. The van der Waals surface area contributed by atoms with Crippen molar-refractivity contribution >= 4 is 37.0 Å². The number of aromatic nitrogens is 2. The summed E-state index contributed by atoms with van der Waals surface area (Å²) < 4.78 is 68.5. The summed E-state index contributed by atoms with van der Waals surface area (Å²) in [6, 6.07) is 17.6. The molecule has 36 heavy (non-hydrogen) atoms. The van der Waals surface area contributed by atoms with Gasteiger partial charge >= 0.3 is 0 Å². The first-order chi connectivity index (χ1) is 17.1. The molecule has 9 nitrogen and oxygen atoms in total. The topological polar surface area (TPSA) is 138 Å². The minimum Gasteiger partial charge on any atom is -0.341 e. The van der Waals surface area contributed by atoms with E-state index in [0.29, 0.717) is 22.5 Å². The smallest absolute Gasteiger partial charge is 0.242 e. The second-order valence-electron chi connectivity index (χ2n) is 8.48. The van der Waals surface area contributed by atoms with Crippen molar-refractivity contribution in [2.75, 3.05) is 0 Å². The highest BCUT2D eigenvalue weighted by molar-refractivity contribution is 7.90. The third kappa shape index (κ3) is 4.87. The van der Waals surface area contributed by atoms with Crippen molar-refractivity contribution in [3.8, 4) is 0 Å². The molecule has 1 amide bonds. The zero-order valence-corrected chi connectivity index (χ0v) is 20.3. The van der Waals surface area contributed by atoms with E-state index >= 15 is 0 Å². The number of sulfonamides is 2. The molecule has 1 saturated heterocycles. The number of fused-ring (bicyclic) bond motifs is 1. The van der Waals surface area contributed by atoms with Gasteiger partial charge in [-0.15, -0.1) is 0 Å². The Hall–Kier alpha value is -3.61. The van der Waals surface area contributed by atoms with E-state index in [9.17, 15) is 26.0 Å². The molecule has 1 unspecified atom stereocenters. The Morgan fingerprint density at radius 3 is 2.36 bits per heavy atom. The Bertz CT molecular complexity index is 1620. The minimum atomic E-state index is -4.03. The number of H-pyrrole nitrogens is 1. The molecular formula is C24H21FN4O5S2. The van der Waals surface area contributed by atoms with Crippen LogP contribution in [0, 0.1) is 5.82 Å². The SMILES string of the molecule is O=C1CC(c2ccc(C[C@H](NS(=O)(=O)c3ccc(F)cc3)c3nc4ccccc4[nH]3)cc2)S(=O)(=O)N1. The second kappa shape index (κ2) is 9.12. The van der Waals surface area contributed by atoms with Crippen LogP contribution in [-0.2, 0) is 31.3 Å². The molecule has 1 fully saturated rings. The molecule has 5 rings (SSSR count). The zero-order chi connectivity index (χ0) is 25.5. The van der Waals surface area contributed by atoms with Crippen molar-refractivity contribution in [3.63, 3.8) is 0 Å². The van der Waals surface area contributed by atoms with Crippen molar-refractivity contribution in [1.29, 1.82) is 0 Å². The Kier molecular flexibility index (Phi) is 6.10. The number of hydrogen-bond acceptors (Lipinski definition) is 6. The number of carbonyl (C=O) groups is 1. The van der Waals surface area contributed by atoms with Crippen molar-refractivity contribution in [3.05, 3.63) is 95.6 Å². The Labute approximate surface area is 206 Å². The van der Waals surface area contributed by atoms with E-state index in [1.807, 2.05) is 22.9 Å². The highest BCUT2D eigenvalue weighted by Gasteiger charge is 2.37. The lowest BCUT2D eigenvalue weighted by atomic mass is 10.0. The van der Waals surface area contributed by atoms with Crippen LogP contribution in [0.1, 0.15) is 34.7 Å². The van der Waals surface area contributed by atoms with Gasteiger partial charge in [0.05, 0.1) is 28.4 Å². The number of carbonyl (C=O) groups excluding carboxylic acids is 1. The molecule has 3 N–H and O–H groups in total. The van der Waals surface area contributed by atoms with Gasteiger partial charge in [-0.3, -0.25) is 9.52 Å². The largest absolute Gasteiger partial charge is 0.341 e. The lowest BCUT2D eigenvalue weighted by Gasteiger charge is -2.18. The van der Waals surface area contributed by atoms with E-state index in [0.717, 1.165) is 17.6 Å². The van der Waals surface area contributed by atoms with Gasteiger partial charge in [0.1, 0.15) is 16.9 Å². The average Bonchev–Trinajstić information content (AvgIpc) is 3.38. The predicted molar refractivity (Wildman–Crippen MR) is 130 cm³/mol. The first-order valence-electron chi connectivity index (χ1n) is 11.0. The van der Waals surface area contributed by atoms with Gasteiger partial charge in [-0.25, -0.2) is 30.9 Å². The standard InChI is InChI=1S/C24H21FN4O5S2/c25-17-9-11-18(12-10-17)35(31,32)28-21(24-26-19-3-1-2-4-20(19)27-24)13-15-5-7-16(8-6-15)22-14-23(30)29-36(22,33)34/h1-12,21-22,28H,13-14H2,(H,26,27)(H,29,30)/t21-,22?/m0/s1. The number of rotatable bonds is 7. The molecule has 2 heterocycles. The molecule has 1 aliphatic rings. The molecule has 2 atom stereocenters. The molecule has 0 aliphatic carbocycles. The third-order valence-electron chi connectivity index (χ3n) is 5.95. The van der Waals surface area contributed by atoms with Gasteiger partial charge in [-0.05, 0) is 53.9 Å². The summed E-state index contributed by atoms with van der Waals surface area (Å²) in [5.74, 6) is -0.715. The maximum absolute atomic E-state index is 13.3. The maximum atomic E-state index is 13.3. The fourth-order valence-corrected chi connectivity index (χ4v) is 6.78. The average molecular weight is 529 g/mol. The van der Waals surface area contributed by atoms with E-state index in [-0.39, 0.29) is 17.7 Å². The quantitative estimate of drug-likeness (QED) is 0.337. The first kappa shape index (κ1) is 24.1. The lowest BCUT2D eigenvalue weighted by molar-refractivity contribution is -0.118. The number of aromatic amines is 1. The summed E-state index contributed by atoms with van der Waals surface area (Å²) in [6.07, 6.45) is 0.0376. The fourth-order valence-electron chi connectivity index (χ4n) is 4.15.